The molecule has 0 aliphatic rings. The summed E-state index contributed by atoms with van der Waals surface area (Å²) in [4.78, 5) is 4.25. The summed E-state index contributed by atoms with van der Waals surface area (Å²) in [5, 5.41) is 1.14. The van der Waals surface area contributed by atoms with Gasteiger partial charge in [-0.2, -0.15) is 0 Å². The molecular formula is C10H15NS. The maximum absolute atomic E-state index is 4.25. The van der Waals surface area contributed by atoms with Crippen molar-refractivity contribution in [1.29, 1.82) is 0 Å². The minimum Gasteiger partial charge on any atom is -0.250 e. The van der Waals surface area contributed by atoms with Crippen molar-refractivity contribution < 1.29 is 0 Å². The highest BCUT2D eigenvalue weighted by atomic mass is 32.2. The monoisotopic (exact) mass is 181 g/mol. The summed E-state index contributed by atoms with van der Waals surface area (Å²) >= 11 is 1.84. The quantitative estimate of drug-likeness (QED) is 0.661. The van der Waals surface area contributed by atoms with Crippen LogP contribution in [0.4, 0.5) is 0 Å². The van der Waals surface area contributed by atoms with Gasteiger partial charge in [0.05, 0.1) is 5.03 Å². The minimum atomic E-state index is 0.789. The van der Waals surface area contributed by atoms with E-state index in [1.54, 1.807) is 0 Å². The summed E-state index contributed by atoms with van der Waals surface area (Å²) in [5.41, 5.74) is 0. The normalized spacial score (nSPS) is 12.8. The standard InChI is InChI=1S/C10H15NS/c1-3-9(2)8-12-10-6-4-5-7-11-10/h4-7,9H,3,8H2,1-2H3. The van der Waals surface area contributed by atoms with Crippen LogP contribution >= 0.6 is 11.8 Å². The van der Waals surface area contributed by atoms with Crippen LogP contribution in [-0.2, 0) is 0 Å². The van der Waals surface area contributed by atoms with E-state index in [0.29, 0.717) is 0 Å². The van der Waals surface area contributed by atoms with E-state index in [2.05, 4.69) is 24.9 Å². The van der Waals surface area contributed by atoms with Crippen LogP contribution < -0.4 is 0 Å². The second-order valence-corrected chi connectivity index (χ2v) is 4.03. The molecule has 0 aliphatic heterocycles. The lowest BCUT2D eigenvalue weighted by molar-refractivity contribution is 0.636. The summed E-state index contributed by atoms with van der Waals surface area (Å²) in [7, 11) is 0. The van der Waals surface area contributed by atoms with E-state index in [4.69, 9.17) is 0 Å². The SMILES string of the molecule is CCC(C)CSc1ccccn1. The third kappa shape index (κ3) is 3.26. The van der Waals surface area contributed by atoms with Gasteiger partial charge in [0, 0.05) is 11.9 Å². The number of pyridine rings is 1. The van der Waals surface area contributed by atoms with Crippen LogP contribution in [0.1, 0.15) is 20.3 Å². The van der Waals surface area contributed by atoms with Gasteiger partial charge in [-0.1, -0.05) is 26.3 Å². The van der Waals surface area contributed by atoms with Crippen LogP contribution in [0.3, 0.4) is 0 Å². The van der Waals surface area contributed by atoms with Gasteiger partial charge in [0.25, 0.3) is 0 Å². The lowest BCUT2D eigenvalue weighted by Gasteiger charge is -2.05. The number of aromatic nitrogens is 1. The van der Waals surface area contributed by atoms with Crippen LogP contribution in [0.15, 0.2) is 29.4 Å². The van der Waals surface area contributed by atoms with Crippen molar-refractivity contribution in [2.45, 2.75) is 25.3 Å². The third-order valence-electron chi connectivity index (χ3n) is 1.85. The Bertz CT molecular complexity index is 210. The highest BCUT2D eigenvalue weighted by Gasteiger charge is 1.99. The van der Waals surface area contributed by atoms with E-state index in [1.165, 1.54) is 12.2 Å². The highest BCUT2D eigenvalue weighted by molar-refractivity contribution is 7.99. The first-order valence-electron chi connectivity index (χ1n) is 4.36. The predicted octanol–water partition coefficient (Wildman–Crippen LogP) is 3.22. The van der Waals surface area contributed by atoms with E-state index in [9.17, 15) is 0 Å². The van der Waals surface area contributed by atoms with Crippen LogP contribution in [-0.4, -0.2) is 10.7 Å². The zero-order valence-corrected chi connectivity index (χ0v) is 8.47. The van der Waals surface area contributed by atoms with E-state index in [-0.39, 0.29) is 0 Å². The summed E-state index contributed by atoms with van der Waals surface area (Å²) in [6.45, 7) is 4.50. The van der Waals surface area contributed by atoms with Crippen LogP contribution in [0.5, 0.6) is 0 Å². The molecule has 0 saturated carbocycles. The third-order valence-corrected chi connectivity index (χ3v) is 3.12. The predicted molar refractivity (Wildman–Crippen MR) is 54.4 cm³/mol. The first-order valence-corrected chi connectivity index (χ1v) is 5.35. The van der Waals surface area contributed by atoms with E-state index < -0.39 is 0 Å². The van der Waals surface area contributed by atoms with Gasteiger partial charge in [0.1, 0.15) is 0 Å². The van der Waals surface area contributed by atoms with Crippen LogP contribution in [0.2, 0.25) is 0 Å². The molecule has 2 heteroatoms. The van der Waals surface area contributed by atoms with Gasteiger partial charge in [-0.05, 0) is 18.1 Å². The van der Waals surface area contributed by atoms with Crippen molar-refractivity contribution in [3.63, 3.8) is 0 Å². The van der Waals surface area contributed by atoms with Gasteiger partial charge in [-0.15, -0.1) is 11.8 Å². The fourth-order valence-electron chi connectivity index (χ4n) is 0.778. The summed E-state index contributed by atoms with van der Waals surface area (Å²) < 4.78 is 0. The summed E-state index contributed by atoms with van der Waals surface area (Å²) in [6.07, 6.45) is 3.10. The molecule has 1 atom stereocenters. The first-order chi connectivity index (χ1) is 5.83. The molecule has 1 unspecified atom stereocenters. The highest BCUT2D eigenvalue weighted by Crippen LogP contribution is 2.18. The molecule has 0 radical (unpaired) electrons. The Morgan fingerprint density at radius 3 is 2.92 bits per heavy atom. The molecule has 1 rings (SSSR count). The summed E-state index contributed by atoms with van der Waals surface area (Å²) in [6, 6.07) is 6.05. The number of rotatable bonds is 4. The average Bonchev–Trinajstić information content (AvgIpc) is 2.16. The molecule has 1 aromatic rings. The zero-order valence-electron chi connectivity index (χ0n) is 7.66. The van der Waals surface area contributed by atoms with Crippen molar-refractivity contribution >= 4 is 11.8 Å². The average molecular weight is 181 g/mol. The van der Waals surface area contributed by atoms with Crippen molar-refractivity contribution in [2.24, 2.45) is 5.92 Å². The zero-order chi connectivity index (χ0) is 8.81. The van der Waals surface area contributed by atoms with Crippen molar-refractivity contribution in [2.75, 3.05) is 5.75 Å². The lowest BCUT2D eigenvalue weighted by atomic mass is 10.2. The number of nitrogens with zero attached hydrogens (tertiary/aromatic N) is 1. The van der Waals surface area contributed by atoms with Crippen molar-refractivity contribution in [3.8, 4) is 0 Å². The Hall–Kier alpha value is -0.500. The molecule has 12 heavy (non-hydrogen) atoms. The molecule has 0 fully saturated rings. The number of hydrogen-bond acceptors (Lipinski definition) is 2. The fourth-order valence-corrected chi connectivity index (χ4v) is 1.78. The van der Waals surface area contributed by atoms with Crippen LogP contribution in [0, 0.1) is 5.92 Å². The summed E-state index contributed by atoms with van der Waals surface area (Å²) in [5.74, 6) is 1.96. The van der Waals surface area contributed by atoms with Gasteiger partial charge in [-0.25, -0.2) is 4.98 Å². The molecule has 1 aromatic heterocycles. The van der Waals surface area contributed by atoms with Crippen molar-refractivity contribution in [1.82, 2.24) is 4.98 Å². The van der Waals surface area contributed by atoms with E-state index in [1.807, 2.05) is 30.1 Å². The van der Waals surface area contributed by atoms with Gasteiger partial charge in [0.15, 0.2) is 0 Å². The fraction of sp³-hybridized carbons (Fsp3) is 0.500. The molecule has 0 aromatic carbocycles. The maximum atomic E-state index is 4.25. The molecule has 0 bridgehead atoms. The molecule has 1 nitrogen and oxygen atoms in total. The second kappa shape index (κ2) is 5.20. The van der Waals surface area contributed by atoms with Crippen LogP contribution in [0.25, 0.3) is 0 Å². The van der Waals surface area contributed by atoms with Gasteiger partial charge >= 0.3 is 0 Å². The number of hydrogen-bond donors (Lipinski definition) is 0. The number of thioether (sulfide) groups is 1. The Labute approximate surface area is 78.6 Å². The Kier molecular flexibility index (Phi) is 4.15. The molecule has 0 aliphatic carbocycles. The second-order valence-electron chi connectivity index (χ2n) is 2.99. The Balaban J connectivity index is 2.33. The van der Waals surface area contributed by atoms with Gasteiger partial charge < -0.3 is 0 Å². The molecule has 0 amide bonds. The smallest absolute Gasteiger partial charge is 0.0959 e. The first kappa shape index (κ1) is 9.59. The van der Waals surface area contributed by atoms with E-state index in [0.717, 1.165) is 10.9 Å². The van der Waals surface area contributed by atoms with Gasteiger partial charge in [-0.3, -0.25) is 0 Å². The largest absolute Gasteiger partial charge is 0.250 e. The molecule has 1 heterocycles. The van der Waals surface area contributed by atoms with E-state index >= 15 is 0 Å². The Morgan fingerprint density at radius 1 is 1.50 bits per heavy atom. The Morgan fingerprint density at radius 2 is 2.33 bits per heavy atom. The topological polar surface area (TPSA) is 12.9 Å². The molecular weight excluding hydrogens is 166 g/mol. The molecule has 66 valence electrons. The maximum Gasteiger partial charge on any atom is 0.0959 e. The van der Waals surface area contributed by atoms with Gasteiger partial charge in [0.2, 0.25) is 0 Å². The molecule has 0 saturated heterocycles. The van der Waals surface area contributed by atoms with Crippen molar-refractivity contribution in [3.05, 3.63) is 24.4 Å². The molecule has 0 N–H and O–H groups in total. The lowest BCUT2D eigenvalue weighted by Crippen LogP contribution is -1.95. The minimum absolute atomic E-state index is 0.789. The molecule has 0 spiro atoms.